The van der Waals surface area contributed by atoms with Crippen molar-refractivity contribution in [1.82, 2.24) is 0 Å². The predicted molar refractivity (Wildman–Crippen MR) is 69.1 cm³/mol. The first kappa shape index (κ1) is 17.1. The number of hydrogen-bond donors (Lipinski definition) is 3. The number of nitrogens with two attached hydrogens (primary N) is 1. The smallest absolute Gasteiger partial charge is 0.320 e. The topological polar surface area (TPSA) is 118 Å². The Morgan fingerprint density at radius 1 is 1.16 bits per heavy atom. The summed E-state index contributed by atoms with van der Waals surface area (Å²) in [5.74, 6) is -2.20. The molecule has 1 aromatic carbocycles. The molecule has 4 N–H and O–H groups in total. The van der Waals surface area contributed by atoms with Gasteiger partial charge in [0, 0.05) is 12.0 Å². The van der Waals surface area contributed by atoms with Gasteiger partial charge in [0.2, 0.25) is 0 Å². The fraction of sp³-hybridized carbons (Fsp3) is 0.250. The van der Waals surface area contributed by atoms with Crippen LogP contribution < -0.4 is 5.73 Å². The minimum atomic E-state index is -1.17. The molecule has 1 aromatic rings. The van der Waals surface area contributed by atoms with E-state index < -0.39 is 23.2 Å². The lowest BCUT2D eigenvalue weighted by Crippen LogP contribution is -2.30. The van der Waals surface area contributed by atoms with E-state index in [-0.39, 0.29) is 12.8 Å². The average molecular weight is 288 g/mol. The SMILES string of the molecule is NC(CCC(=O)O)C(=O)O.O=C(Cl)c1ccccc1. The maximum absolute atomic E-state index is 10.4. The van der Waals surface area contributed by atoms with Gasteiger partial charge in [-0.15, -0.1) is 0 Å². The van der Waals surface area contributed by atoms with Crippen molar-refractivity contribution in [3.05, 3.63) is 35.9 Å². The van der Waals surface area contributed by atoms with Crippen LogP contribution in [0, 0.1) is 0 Å². The Labute approximate surface area is 114 Å². The van der Waals surface area contributed by atoms with Crippen molar-refractivity contribution in [1.29, 1.82) is 0 Å². The zero-order valence-corrected chi connectivity index (χ0v) is 10.7. The predicted octanol–water partition coefficient (Wildman–Crippen LogP) is 1.33. The lowest BCUT2D eigenvalue weighted by atomic mass is 10.2. The van der Waals surface area contributed by atoms with Gasteiger partial charge in [-0.2, -0.15) is 0 Å². The second-order valence-corrected chi connectivity index (χ2v) is 3.86. The molecule has 0 aliphatic rings. The Hall–Kier alpha value is -1.92. The average Bonchev–Trinajstić information content (AvgIpc) is 2.37. The highest BCUT2D eigenvalue weighted by Gasteiger charge is 2.12. The van der Waals surface area contributed by atoms with Crippen LogP contribution >= 0.6 is 11.6 Å². The summed E-state index contributed by atoms with van der Waals surface area (Å²) < 4.78 is 0. The van der Waals surface area contributed by atoms with Crippen molar-refractivity contribution in [2.24, 2.45) is 5.73 Å². The van der Waals surface area contributed by atoms with Crippen molar-refractivity contribution >= 4 is 28.8 Å². The number of carboxylic acids is 2. The Bertz CT molecular complexity index is 435. The van der Waals surface area contributed by atoms with Crippen molar-refractivity contribution in [3.63, 3.8) is 0 Å². The fourth-order valence-corrected chi connectivity index (χ4v) is 1.10. The summed E-state index contributed by atoms with van der Waals surface area (Å²) >= 11 is 5.16. The highest BCUT2D eigenvalue weighted by Crippen LogP contribution is 2.01. The number of hydrogen-bond acceptors (Lipinski definition) is 4. The highest BCUT2D eigenvalue weighted by molar-refractivity contribution is 6.67. The van der Waals surface area contributed by atoms with Gasteiger partial charge in [0.15, 0.2) is 0 Å². The third kappa shape index (κ3) is 8.76. The lowest BCUT2D eigenvalue weighted by molar-refractivity contribution is -0.139. The van der Waals surface area contributed by atoms with Gasteiger partial charge in [0.25, 0.3) is 5.24 Å². The molecule has 0 aliphatic heterocycles. The molecular formula is C12H14ClNO5. The molecule has 0 spiro atoms. The van der Waals surface area contributed by atoms with E-state index in [0.29, 0.717) is 5.56 Å². The maximum Gasteiger partial charge on any atom is 0.320 e. The van der Waals surface area contributed by atoms with Gasteiger partial charge in [0.05, 0.1) is 0 Å². The van der Waals surface area contributed by atoms with Crippen LogP contribution in [0.1, 0.15) is 23.2 Å². The van der Waals surface area contributed by atoms with E-state index in [2.05, 4.69) is 0 Å². The zero-order valence-electron chi connectivity index (χ0n) is 9.95. The van der Waals surface area contributed by atoms with E-state index in [4.69, 9.17) is 27.5 Å². The molecule has 0 radical (unpaired) electrons. The van der Waals surface area contributed by atoms with Crippen molar-refractivity contribution in [2.45, 2.75) is 18.9 Å². The molecule has 0 amide bonds. The fourth-order valence-electron chi connectivity index (χ4n) is 0.972. The van der Waals surface area contributed by atoms with E-state index in [0.717, 1.165) is 0 Å². The van der Waals surface area contributed by atoms with Crippen LogP contribution in [0.5, 0.6) is 0 Å². The van der Waals surface area contributed by atoms with Crippen LogP contribution in [0.4, 0.5) is 0 Å². The Balaban J connectivity index is 0.000000342. The molecule has 0 bridgehead atoms. The van der Waals surface area contributed by atoms with Gasteiger partial charge >= 0.3 is 11.9 Å². The molecule has 1 atom stereocenters. The molecule has 0 saturated heterocycles. The standard InChI is InChI=1S/C7H5ClO.C5H9NO4/c8-7(9)6-4-2-1-3-5-6;6-3(5(9)10)1-2-4(7)8/h1-5H;3H,1-2,6H2,(H,7,8)(H,9,10). The first-order valence-corrected chi connectivity index (χ1v) is 5.67. The number of benzene rings is 1. The van der Waals surface area contributed by atoms with E-state index in [9.17, 15) is 14.4 Å². The normalized spacial score (nSPS) is 10.8. The van der Waals surface area contributed by atoms with E-state index in [1.54, 1.807) is 24.3 Å². The minimum Gasteiger partial charge on any atom is -0.481 e. The van der Waals surface area contributed by atoms with Crippen LogP contribution in [-0.2, 0) is 9.59 Å². The molecule has 1 rings (SSSR count). The molecule has 104 valence electrons. The molecule has 6 nitrogen and oxygen atoms in total. The molecule has 19 heavy (non-hydrogen) atoms. The van der Waals surface area contributed by atoms with Crippen molar-refractivity contribution in [2.75, 3.05) is 0 Å². The number of carbonyl (C=O) groups is 3. The third-order valence-electron chi connectivity index (χ3n) is 1.99. The number of aliphatic carboxylic acids is 2. The highest BCUT2D eigenvalue weighted by atomic mass is 35.5. The Kier molecular flexibility index (Phi) is 8.15. The summed E-state index contributed by atoms with van der Waals surface area (Å²) in [7, 11) is 0. The molecule has 1 unspecified atom stereocenters. The van der Waals surface area contributed by atoms with E-state index in [1.807, 2.05) is 6.07 Å². The third-order valence-corrected chi connectivity index (χ3v) is 2.21. The second-order valence-electron chi connectivity index (χ2n) is 3.52. The largest absolute Gasteiger partial charge is 0.481 e. The lowest BCUT2D eigenvalue weighted by Gasteiger charge is -2.01. The Morgan fingerprint density at radius 2 is 1.68 bits per heavy atom. The molecule has 0 heterocycles. The summed E-state index contributed by atoms with van der Waals surface area (Å²) in [4.78, 5) is 30.3. The van der Waals surface area contributed by atoms with Gasteiger partial charge in [0.1, 0.15) is 6.04 Å². The summed E-state index contributed by atoms with van der Waals surface area (Å²) in [6.07, 6.45) is -0.224. The summed E-state index contributed by atoms with van der Waals surface area (Å²) in [5, 5.41) is 15.9. The molecule has 0 aliphatic carbocycles. The van der Waals surface area contributed by atoms with Gasteiger partial charge in [-0.05, 0) is 18.0 Å². The number of halogens is 1. The van der Waals surface area contributed by atoms with Crippen molar-refractivity contribution < 1.29 is 24.6 Å². The molecule has 0 aromatic heterocycles. The summed E-state index contributed by atoms with van der Waals surface area (Å²) in [6, 6.07) is 7.68. The maximum atomic E-state index is 10.4. The van der Waals surface area contributed by atoms with Gasteiger partial charge in [-0.3, -0.25) is 14.4 Å². The van der Waals surface area contributed by atoms with Crippen LogP contribution in [0.15, 0.2) is 30.3 Å². The number of carboxylic acid groups (broad SMARTS) is 2. The molecule has 0 fully saturated rings. The second kappa shape index (κ2) is 9.07. The number of rotatable bonds is 5. The van der Waals surface area contributed by atoms with Gasteiger partial charge in [-0.1, -0.05) is 30.3 Å². The zero-order chi connectivity index (χ0) is 14.8. The first-order chi connectivity index (χ1) is 8.84. The summed E-state index contributed by atoms with van der Waals surface area (Å²) in [5.41, 5.74) is 5.54. The Morgan fingerprint density at radius 3 is 2.00 bits per heavy atom. The van der Waals surface area contributed by atoms with Crippen LogP contribution in [0.2, 0.25) is 0 Å². The summed E-state index contributed by atoms with van der Waals surface area (Å²) in [6.45, 7) is 0. The molecular weight excluding hydrogens is 274 g/mol. The van der Waals surface area contributed by atoms with Crippen LogP contribution in [0.25, 0.3) is 0 Å². The van der Waals surface area contributed by atoms with Crippen LogP contribution in [-0.4, -0.2) is 33.4 Å². The number of carbonyl (C=O) groups excluding carboxylic acids is 1. The quantitative estimate of drug-likeness (QED) is 0.703. The van der Waals surface area contributed by atoms with Gasteiger partial charge < -0.3 is 15.9 Å². The van der Waals surface area contributed by atoms with Gasteiger partial charge in [-0.25, -0.2) is 0 Å². The molecule has 7 heteroatoms. The monoisotopic (exact) mass is 287 g/mol. The molecule has 0 saturated carbocycles. The van der Waals surface area contributed by atoms with E-state index in [1.165, 1.54) is 0 Å². The first-order valence-electron chi connectivity index (χ1n) is 5.29. The van der Waals surface area contributed by atoms with Crippen molar-refractivity contribution in [3.8, 4) is 0 Å². The van der Waals surface area contributed by atoms with E-state index >= 15 is 0 Å². The van der Waals surface area contributed by atoms with Crippen LogP contribution in [0.3, 0.4) is 0 Å². The minimum absolute atomic E-state index is 0.0231.